The monoisotopic (exact) mass is 540 g/mol. The second-order valence-corrected chi connectivity index (χ2v) is 8.42. The number of carboxylic acids is 2. The van der Waals surface area contributed by atoms with Crippen LogP contribution in [0.25, 0.3) is 10.9 Å². The summed E-state index contributed by atoms with van der Waals surface area (Å²) in [6.07, 6.45) is 1.78. The summed E-state index contributed by atoms with van der Waals surface area (Å²) in [6, 6.07) is 3.68. The molecule has 1 aromatic carbocycles. The smallest absolute Gasteiger partial charge is 0.330 e. The summed E-state index contributed by atoms with van der Waals surface area (Å²) >= 11 is 0. The van der Waals surface area contributed by atoms with Crippen LogP contribution in [0.5, 0.6) is 0 Å². The summed E-state index contributed by atoms with van der Waals surface area (Å²) in [5.41, 5.74) is 27.7. The van der Waals surface area contributed by atoms with Gasteiger partial charge in [0.2, 0.25) is 5.91 Å². The Morgan fingerprint density at radius 3 is 1.87 bits per heavy atom. The Bertz CT molecular complexity index is 1090. The molecule has 0 aliphatic carbocycles. The van der Waals surface area contributed by atoms with Crippen molar-refractivity contribution in [1.29, 1.82) is 0 Å². The largest absolute Gasteiger partial charge is 0.480 e. The van der Waals surface area contributed by atoms with Gasteiger partial charge in [-0.2, -0.15) is 0 Å². The van der Waals surface area contributed by atoms with E-state index in [4.69, 9.17) is 43.0 Å². The fourth-order valence-electron chi connectivity index (χ4n) is 2.52. The van der Waals surface area contributed by atoms with E-state index in [0.29, 0.717) is 0 Å². The molecule has 1 aromatic heterocycles. The molecule has 0 aliphatic heterocycles. The summed E-state index contributed by atoms with van der Waals surface area (Å²) in [4.78, 5) is 56.2. The van der Waals surface area contributed by atoms with Crippen molar-refractivity contribution in [3.05, 3.63) is 36.0 Å². The molecule has 4 atom stereocenters. The average Bonchev–Trinajstić information content (AvgIpc) is 3.25. The highest BCUT2D eigenvalue weighted by Crippen LogP contribution is 2.19. The molecule has 0 saturated heterocycles. The minimum atomic E-state index is -1.21. The standard InChI is InChI=1S/C16H21N3O3.C4H8N2O3.C3H7NO3/c1-9(2)14(18)16(21)22-15(20)12(17)7-10-8-19-13-6-4-3-5-11(10)13;5-2(4(8)9)1-3(6)7;4-2(1-5)3(6)7/h3-6,8-9,12,14,19H,7,17-18H2,1-2H3;2H,1,5H2,(H2,6,7)(H,8,9);2,5H,1,4H2,(H,6,7)/t12-,14-;2*2-/m000/s1. The number of nitrogens with one attached hydrogen (secondary N) is 1. The van der Waals surface area contributed by atoms with E-state index in [-0.39, 0.29) is 18.8 Å². The van der Waals surface area contributed by atoms with Crippen molar-refractivity contribution in [1.82, 2.24) is 4.98 Å². The van der Waals surface area contributed by atoms with Gasteiger partial charge in [-0.05, 0) is 17.5 Å². The van der Waals surface area contributed by atoms with E-state index in [1.54, 1.807) is 20.0 Å². The third kappa shape index (κ3) is 12.4. The molecule has 0 saturated carbocycles. The molecule has 15 heteroatoms. The van der Waals surface area contributed by atoms with Gasteiger partial charge in [0.05, 0.1) is 13.0 Å². The highest BCUT2D eigenvalue weighted by molar-refractivity contribution is 5.91. The van der Waals surface area contributed by atoms with Gasteiger partial charge in [-0.3, -0.25) is 14.4 Å². The van der Waals surface area contributed by atoms with Crippen LogP contribution in [0, 0.1) is 5.92 Å². The van der Waals surface area contributed by atoms with Gasteiger partial charge in [0.25, 0.3) is 0 Å². The normalized spacial score (nSPS) is 13.6. The number of amides is 1. The number of aliphatic carboxylic acids is 2. The number of carbonyl (C=O) groups excluding carboxylic acids is 3. The van der Waals surface area contributed by atoms with Crippen molar-refractivity contribution in [2.45, 2.75) is 50.9 Å². The Morgan fingerprint density at radius 1 is 0.895 bits per heavy atom. The number of primary amides is 1. The Kier molecular flexibility index (Phi) is 15.1. The summed E-state index contributed by atoms with van der Waals surface area (Å²) in [6.45, 7) is 3.06. The van der Waals surface area contributed by atoms with Gasteiger partial charge in [-0.1, -0.05) is 32.0 Å². The van der Waals surface area contributed by atoms with Gasteiger partial charge in [-0.25, -0.2) is 9.59 Å². The zero-order chi connectivity index (χ0) is 29.6. The van der Waals surface area contributed by atoms with Gasteiger partial charge in [0.1, 0.15) is 24.2 Å². The molecule has 1 heterocycles. The number of hydrogen-bond acceptors (Lipinski definition) is 11. The number of carbonyl (C=O) groups is 5. The molecule has 0 bridgehead atoms. The van der Waals surface area contributed by atoms with E-state index in [2.05, 4.69) is 10.7 Å². The average molecular weight is 541 g/mol. The van der Waals surface area contributed by atoms with E-state index in [1.807, 2.05) is 24.3 Å². The predicted molar refractivity (Wildman–Crippen MR) is 136 cm³/mol. The van der Waals surface area contributed by atoms with Gasteiger partial charge in [0, 0.05) is 23.5 Å². The lowest BCUT2D eigenvalue weighted by Gasteiger charge is -2.15. The Hall–Kier alpha value is -3.89. The fraction of sp³-hybridized carbons (Fsp3) is 0.435. The van der Waals surface area contributed by atoms with Gasteiger partial charge in [-0.15, -0.1) is 0 Å². The first-order chi connectivity index (χ1) is 17.6. The number of carboxylic acid groups (broad SMARTS) is 2. The highest BCUT2D eigenvalue weighted by Gasteiger charge is 2.25. The molecule has 2 aromatic rings. The first-order valence-electron chi connectivity index (χ1n) is 11.3. The first-order valence-corrected chi connectivity index (χ1v) is 11.3. The second-order valence-electron chi connectivity index (χ2n) is 8.42. The number of rotatable bonds is 10. The van der Waals surface area contributed by atoms with Crippen molar-refractivity contribution in [2.75, 3.05) is 6.61 Å². The van der Waals surface area contributed by atoms with Crippen LogP contribution >= 0.6 is 0 Å². The maximum atomic E-state index is 11.9. The van der Waals surface area contributed by atoms with Crippen molar-refractivity contribution < 1.29 is 44.0 Å². The predicted octanol–water partition coefficient (Wildman–Crippen LogP) is -2.24. The quantitative estimate of drug-likeness (QED) is 0.114. The first kappa shape index (κ1) is 34.1. The third-order valence-electron chi connectivity index (χ3n) is 4.86. The zero-order valence-corrected chi connectivity index (χ0v) is 21.1. The molecule has 0 spiro atoms. The lowest BCUT2D eigenvalue weighted by atomic mass is 10.0. The molecule has 212 valence electrons. The van der Waals surface area contributed by atoms with Crippen LogP contribution in [0.3, 0.4) is 0 Å². The van der Waals surface area contributed by atoms with Crippen LogP contribution in [0.2, 0.25) is 0 Å². The number of aromatic nitrogens is 1. The minimum Gasteiger partial charge on any atom is -0.480 e. The summed E-state index contributed by atoms with van der Waals surface area (Å²) < 4.78 is 4.76. The van der Waals surface area contributed by atoms with Crippen molar-refractivity contribution in [3.63, 3.8) is 0 Å². The Morgan fingerprint density at radius 2 is 1.45 bits per heavy atom. The summed E-state index contributed by atoms with van der Waals surface area (Å²) in [5, 5.41) is 25.0. The van der Waals surface area contributed by atoms with Crippen LogP contribution in [0.1, 0.15) is 25.8 Å². The fourth-order valence-corrected chi connectivity index (χ4v) is 2.52. The lowest BCUT2D eigenvalue weighted by molar-refractivity contribution is -0.162. The van der Waals surface area contributed by atoms with Gasteiger partial charge >= 0.3 is 23.9 Å². The number of para-hydroxylation sites is 1. The number of nitrogens with two attached hydrogens (primary N) is 5. The molecule has 1 amide bonds. The SMILES string of the molecule is CC(C)[C@H](N)C(=O)OC(=O)[C@@H](N)Cc1c[nH]c2ccccc12.NC(=O)C[C@H](N)C(=O)O.N[C@@H](CO)C(=O)O. The number of aliphatic hydroxyl groups excluding tert-OH is 1. The van der Waals surface area contributed by atoms with Crippen LogP contribution in [0.4, 0.5) is 0 Å². The number of aliphatic hydroxyl groups is 1. The molecule has 38 heavy (non-hydrogen) atoms. The van der Waals surface area contributed by atoms with E-state index >= 15 is 0 Å². The van der Waals surface area contributed by atoms with Crippen molar-refractivity contribution in [2.24, 2.45) is 34.6 Å². The summed E-state index contributed by atoms with van der Waals surface area (Å²) in [5.74, 6) is -4.70. The Balaban J connectivity index is 0.000000706. The lowest BCUT2D eigenvalue weighted by Crippen LogP contribution is -2.42. The van der Waals surface area contributed by atoms with E-state index < -0.39 is 60.6 Å². The molecule has 0 fully saturated rings. The highest BCUT2D eigenvalue weighted by atomic mass is 16.6. The van der Waals surface area contributed by atoms with Gasteiger partial charge in [0.15, 0.2) is 0 Å². The molecule has 15 nitrogen and oxygen atoms in total. The number of hydrogen-bond donors (Lipinski definition) is 9. The number of esters is 2. The molecule has 14 N–H and O–H groups in total. The van der Waals surface area contributed by atoms with Gasteiger partial charge < -0.3 is 53.7 Å². The van der Waals surface area contributed by atoms with Crippen LogP contribution < -0.4 is 28.7 Å². The molecular weight excluding hydrogens is 504 g/mol. The number of fused-ring (bicyclic) bond motifs is 1. The summed E-state index contributed by atoms with van der Waals surface area (Å²) in [7, 11) is 0. The molecule has 0 radical (unpaired) electrons. The zero-order valence-electron chi connectivity index (χ0n) is 21.1. The number of benzene rings is 1. The number of aromatic amines is 1. The van der Waals surface area contributed by atoms with Crippen molar-refractivity contribution in [3.8, 4) is 0 Å². The van der Waals surface area contributed by atoms with E-state index in [9.17, 15) is 24.0 Å². The maximum absolute atomic E-state index is 11.9. The number of ether oxygens (including phenoxy) is 1. The number of H-pyrrole nitrogens is 1. The second kappa shape index (κ2) is 16.8. The molecule has 0 aliphatic rings. The van der Waals surface area contributed by atoms with Crippen LogP contribution in [0.15, 0.2) is 30.5 Å². The van der Waals surface area contributed by atoms with Crippen LogP contribution in [-0.4, -0.2) is 80.9 Å². The van der Waals surface area contributed by atoms with Crippen molar-refractivity contribution >= 4 is 40.7 Å². The van der Waals surface area contributed by atoms with Crippen LogP contribution in [-0.2, 0) is 35.1 Å². The van der Waals surface area contributed by atoms with E-state index in [0.717, 1.165) is 16.5 Å². The Labute approximate surface area is 218 Å². The molecule has 2 rings (SSSR count). The molecule has 0 unspecified atom stereocenters. The minimum absolute atomic E-state index is 0.106. The molecular formula is C23H36N6O9. The van der Waals surface area contributed by atoms with E-state index in [1.165, 1.54) is 0 Å². The topological polar surface area (TPSA) is 301 Å². The third-order valence-corrected chi connectivity index (χ3v) is 4.86. The maximum Gasteiger partial charge on any atom is 0.330 e.